The zero-order valence-electron chi connectivity index (χ0n) is 11.2. The quantitative estimate of drug-likeness (QED) is 0.837. The molecule has 0 fully saturated rings. The molecule has 6 heteroatoms. The predicted molar refractivity (Wildman–Crippen MR) is 71.0 cm³/mol. The lowest BCUT2D eigenvalue weighted by Gasteiger charge is -2.23. The van der Waals surface area contributed by atoms with Gasteiger partial charge in [-0.2, -0.15) is 5.11 Å². The highest BCUT2D eigenvalue weighted by molar-refractivity contribution is 6.00. The fourth-order valence-corrected chi connectivity index (χ4v) is 1.67. The van der Waals surface area contributed by atoms with E-state index < -0.39 is 0 Å². The third-order valence-corrected chi connectivity index (χ3v) is 2.78. The van der Waals surface area contributed by atoms with E-state index in [4.69, 9.17) is 4.74 Å². The number of carbonyl (C=O) groups excluding carboxylic acids is 1. The van der Waals surface area contributed by atoms with Gasteiger partial charge in [0.15, 0.2) is 6.17 Å². The van der Waals surface area contributed by atoms with Crippen LogP contribution in [0.25, 0.3) is 0 Å². The number of nitrogens with zero attached hydrogens (tertiary/aromatic N) is 4. The summed E-state index contributed by atoms with van der Waals surface area (Å²) in [5, 5.41) is 13.7. The Balaban J connectivity index is 2.28. The molecule has 1 aromatic carbocycles. The van der Waals surface area contributed by atoms with E-state index in [0.717, 1.165) is 11.3 Å². The van der Waals surface area contributed by atoms with Gasteiger partial charge in [0.25, 0.3) is 0 Å². The van der Waals surface area contributed by atoms with E-state index in [0.29, 0.717) is 12.3 Å². The van der Waals surface area contributed by atoms with Gasteiger partial charge >= 0.3 is 0 Å². The van der Waals surface area contributed by atoms with Crippen molar-refractivity contribution in [2.45, 2.75) is 26.4 Å². The number of benzene rings is 1. The molecule has 1 aromatic rings. The number of amidine groups is 1. The van der Waals surface area contributed by atoms with Gasteiger partial charge < -0.3 is 4.74 Å². The van der Waals surface area contributed by atoms with Gasteiger partial charge in [0, 0.05) is 12.0 Å². The van der Waals surface area contributed by atoms with Crippen LogP contribution in [0, 0.1) is 0 Å². The molecule has 2 rings (SSSR count). The Morgan fingerprint density at radius 1 is 1.37 bits per heavy atom. The molecule has 0 spiro atoms. The number of amides is 1. The number of ether oxygens (including phenoxy) is 1. The lowest BCUT2D eigenvalue weighted by Crippen LogP contribution is -2.35. The molecule has 0 radical (unpaired) electrons. The molecule has 1 aliphatic rings. The second-order valence-electron chi connectivity index (χ2n) is 4.09. The highest BCUT2D eigenvalue weighted by Gasteiger charge is 2.22. The summed E-state index contributed by atoms with van der Waals surface area (Å²) in [6, 6.07) is 7.30. The number of hydrazone groups is 1. The highest BCUT2D eigenvalue weighted by Crippen LogP contribution is 2.17. The molecule has 0 N–H and O–H groups in total. The minimum absolute atomic E-state index is 0.0721. The van der Waals surface area contributed by atoms with Gasteiger partial charge in [0.2, 0.25) is 11.7 Å². The lowest BCUT2D eigenvalue weighted by molar-refractivity contribution is -0.133. The van der Waals surface area contributed by atoms with Crippen LogP contribution in [-0.4, -0.2) is 30.0 Å². The Morgan fingerprint density at radius 2 is 2.05 bits per heavy atom. The first kappa shape index (κ1) is 13.2. The minimum atomic E-state index is -0.352. The molecule has 0 bridgehead atoms. The van der Waals surface area contributed by atoms with Gasteiger partial charge in [-0.1, -0.05) is 6.92 Å². The first-order valence-electron chi connectivity index (χ1n) is 6.11. The SMILES string of the molecule is CCC(=O)N1N=C(c2ccc(OC)cc2)N=N[C@H]1C. The summed E-state index contributed by atoms with van der Waals surface area (Å²) in [5.41, 5.74) is 0.797. The van der Waals surface area contributed by atoms with Crippen LogP contribution in [0.3, 0.4) is 0 Å². The Morgan fingerprint density at radius 3 is 2.63 bits per heavy atom. The Bertz CT molecular complexity index is 522. The van der Waals surface area contributed by atoms with Crippen molar-refractivity contribution in [2.75, 3.05) is 7.11 Å². The average Bonchev–Trinajstić information content (AvgIpc) is 2.47. The Hall–Kier alpha value is -2.24. The number of carbonyl (C=O) groups is 1. The van der Waals surface area contributed by atoms with Gasteiger partial charge in [-0.25, -0.2) is 5.01 Å². The smallest absolute Gasteiger partial charge is 0.244 e. The molecule has 0 unspecified atom stereocenters. The second kappa shape index (κ2) is 5.60. The van der Waals surface area contributed by atoms with Crippen LogP contribution < -0.4 is 4.74 Å². The van der Waals surface area contributed by atoms with Gasteiger partial charge in [-0.05, 0) is 31.2 Å². The van der Waals surface area contributed by atoms with Crippen molar-refractivity contribution in [1.82, 2.24) is 5.01 Å². The molecule has 1 heterocycles. The molecule has 1 amide bonds. The molecule has 0 saturated carbocycles. The number of rotatable bonds is 3. The van der Waals surface area contributed by atoms with Crippen molar-refractivity contribution in [3.8, 4) is 5.75 Å². The fraction of sp³-hybridized carbons (Fsp3) is 0.385. The van der Waals surface area contributed by atoms with E-state index in [9.17, 15) is 4.79 Å². The van der Waals surface area contributed by atoms with Crippen LogP contribution >= 0.6 is 0 Å². The molecule has 6 nitrogen and oxygen atoms in total. The van der Waals surface area contributed by atoms with E-state index >= 15 is 0 Å². The molecule has 0 aromatic heterocycles. The van der Waals surface area contributed by atoms with E-state index in [2.05, 4.69) is 15.3 Å². The second-order valence-corrected chi connectivity index (χ2v) is 4.09. The summed E-state index contributed by atoms with van der Waals surface area (Å²) in [7, 11) is 1.61. The van der Waals surface area contributed by atoms with E-state index in [1.807, 2.05) is 24.3 Å². The molecule has 0 saturated heterocycles. The summed E-state index contributed by atoms with van der Waals surface area (Å²) in [5.74, 6) is 1.12. The predicted octanol–water partition coefficient (Wildman–Crippen LogP) is 2.41. The van der Waals surface area contributed by atoms with Crippen LogP contribution in [0.2, 0.25) is 0 Å². The summed E-state index contributed by atoms with van der Waals surface area (Å²) in [4.78, 5) is 11.8. The maximum absolute atomic E-state index is 11.8. The Kier molecular flexibility index (Phi) is 3.89. The van der Waals surface area contributed by atoms with E-state index in [1.165, 1.54) is 5.01 Å². The van der Waals surface area contributed by atoms with Gasteiger partial charge in [0.1, 0.15) is 5.75 Å². The maximum Gasteiger partial charge on any atom is 0.244 e. The number of azo groups is 1. The number of methoxy groups -OCH3 is 1. The molecule has 19 heavy (non-hydrogen) atoms. The van der Waals surface area contributed by atoms with E-state index in [-0.39, 0.29) is 12.1 Å². The largest absolute Gasteiger partial charge is 0.497 e. The maximum atomic E-state index is 11.8. The molecule has 0 aliphatic carbocycles. The van der Waals surface area contributed by atoms with Crippen LogP contribution in [-0.2, 0) is 4.79 Å². The zero-order chi connectivity index (χ0) is 13.8. The van der Waals surface area contributed by atoms with Gasteiger partial charge in [-0.3, -0.25) is 4.79 Å². The summed E-state index contributed by atoms with van der Waals surface area (Å²) < 4.78 is 5.09. The standard InChI is InChI=1S/C13H16N4O2/c1-4-12(18)17-9(2)14-15-13(16-17)10-5-7-11(19-3)8-6-10/h5-9H,4H2,1-3H3/t9-/m1/s1. The Labute approximate surface area is 111 Å². The first-order valence-corrected chi connectivity index (χ1v) is 6.11. The normalized spacial score (nSPS) is 18.2. The minimum Gasteiger partial charge on any atom is -0.497 e. The van der Waals surface area contributed by atoms with Crippen molar-refractivity contribution < 1.29 is 9.53 Å². The van der Waals surface area contributed by atoms with Crippen LogP contribution in [0.15, 0.2) is 39.6 Å². The highest BCUT2D eigenvalue weighted by atomic mass is 16.5. The van der Waals surface area contributed by atoms with Crippen LogP contribution in [0.4, 0.5) is 0 Å². The van der Waals surface area contributed by atoms with Crippen molar-refractivity contribution in [1.29, 1.82) is 0 Å². The molecule has 100 valence electrons. The van der Waals surface area contributed by atoms with Gasteiger partial charge in [-0.15, -0.1) is 10.2 Å². The van der Waals surface area contributed by atoms with Crippen LogP contribution in [0.5, 0.6) is 5.75 Å². The number of hydrogen-bond acceptors (Lipinski definition) is 5. The van der Waals surface area contributed by atoms with Crippen LogP contribution in [0.1, 0.15) is 25.8 Å². The fourth-order valence-electron chi connectivity index (χ4n) is 1.67. The topological polar surface area (TPSA) is 66.6 Å². The molecule has 1 aliphatic heterocycles. The van der Waals surface area contributed by atoms with Crippen molar-refractivity contribution >= 4 is 11.7 Å². The van der Waals surface area contributed by atoms with Crippen molar-refractivity contribution in [2.24, 2.45) is 15.3 Å². The molecular weight excluding hydrogens is 244 g/mol. The van der Waals surface area contributed by atoms with Gasteiger partial charge in [0.05, 0.1) is 7.11 Å². The number of hydrogen-bond donors (Lipinski definition) is 0. The third kappa shape index (κ3) is 2.78. The van der Waals surface area contributed by atoms with Crippen molar-refractivity contribution in [3.63, 3.8) is 0 Å². The monoisotopic (exact) mass is 260 g/mol. The summed E-state index contributed by atoms with van der Waals surface area (Å²) >= 11 is 0. The van der Waals surface area contributed by atoms with Crippen molar-refractivity contribution in [3.05, 3.63) is 29.8 Å². The third-order valence-electron chi connectivity index (χ3n) is 2.78. The zero-order valence-corrected chi connectivity index (χ0v) is 11.2. The first-order chi connectivity index (χ1) is 9.15. The van der Waals surface area contributed by atoms with E-state index in [1.54, 1.807) is 21.0 Å². The average molecular weight is 260 g/mol. The summed E-state index contributed by atoms with van der Waals surface area (Å²) in [6.07, 6.45) is 0.0358. The molecule has 1 atom stereocenters. The molecular formula is C13H16N4O2. The lowest BCUT2D eigenvalue weighted by atomic mass is 10.2. The summed E-state index contributed by atoms with van der Waals surface area (Å²) in [6.45, 7) is 3.58.